The first-order chi connectivity index (χ1) is 14.0. The Bertz CT molecular complexity index is 887. The summed E-state index contributed by atoms with van der Waals surface area (Å²) in [6.45, 7) is 1.77. The second kappa shape index (κ2) is 9.18. The van der Waals surface area contributed by atoms with Crippen LogP contribution in [-0.2, 0) is 6.42 Å². The van der Waals surface area contributed by atoms with Crippen molar-refractivity contribution >= 4 is 23.4 Å². The molecule has 3 rings (SSSR count). The molecule has 0 unspecified atom stereocenters. The number of nitrogens with zero attached hydrogens (tertiary/aromatic N) is 2. The van der Waals surface area contributed by atoms with E-state index in [0.29, 0.717) is 43.2 Å². The van der Waals surface area contributed by atoms with E-state index in [-0.39, 0.29) is 12.1 Å². The molecule has 0 bridgehead atoms. The van der Waals surface area contributed by atoms with Crippen molar-refractivity contribution in [1.29, 1.82) is 0 Å². The molecule has 2 aromatic rings. The summed E-state index contributed by atoms with van der Waals surface area (Å²) in [7, 11) is 4.94. The molecule has 1 heterocycles. The molecule has 0 saturated carbocycles. The number of benzene rings is 2. The van der Waals surface area contributed by atoms with Crippen LogP contribution in [0.5, 0.6) is 11.5 Å². The van der Waals surface area contributed by atoms with Crippen LogP contribution in [0, 0.1) is 0 Å². The van der Waals surface area contributed by atoms with Crippen LogP contribution in [0.1, 0.15) is 5.56 Å². The Balaban J connectivity index is 1.57. The van der Waals surface area contributed by atoms with Gasteiger partial charge < -0.3 is 25.0 Å². The third-order valence-corrected chi connectivity index (χ3v) is 4.80. The molecule has 2 aromatic carbocycles. The van der Waals surface area contributed by atoms with Gasteiger partial charge in [-0.05, 0) is 42.3 Å². The van der Waals surface area contributed by atoms with Gasteiger partial charge in [-0.2, -0.15) is 0 Å². The van der Waals surface area contributed by atoms with Gasteiger partial charge in [-0.25, -0.2) is 9.59 Å². The third-order valence-electron chi connectivity index (χ3n) is 4.80. The molecule has 0 atom stereocenters. The fraction of sp³-hybridized carbons (Fsp3) is 0.333. The molecule has 1 aliphatic heterocycles. The number of carbonyl (C=O) groups excluding carboxylic acids is 2. The van der Waals surface area contributed by atoms with E-state index in [1.54, 1.807) is 43.2 Å². The zero-order valence-corrected chi connectivity index (χ0v) is 16.9. The molecule has 4 amide bonds. The number of anilines is 2. The molecule has 154 valence electrons. The first-order valence-electron chi connectivity index (χ1n) is 9.40. The molecule has 8 heteroatoms. The van der Waals surface area contributed by atoms with Gasteiger partial charge in [0.05, 0.1) is 14.2 Å². The first-order valence-corrected chi connectivity index (χ1v) is 9.40. The summed E-state index contributed by atoms with van der Waals surface area (Å²) >= 11 is 0. The van der Waals surface area contributed by atoms with Crippen LogP contribution in [0.4, 0.5) is 21.0 Å². The third kappa shape index (κ3) is 4.90. The van der Waals surface area contributed by atoms with Crippen molar-refractivity contribution in [2.24, 2.45) is 0 Å². The van der Waals surface area contributed by atoms with Gasteiger partial charge in [0, 0.05) is 38.1 Å². The molecule has 1 aliphatic rings. The van der Waals surface area contributed by atoms with E-state index in [1.807, 2.05) is 30.3 Å². The Morgan fingerprint density at radius 1 is 1.17 bits per heavy atom. The van der Waals surface area contributed by atoms with Crippen molar-refractivity contribution in [3.05, 3.63) is 48.0 Å². The predicted molar refractivity (Wildman–Crippen MR) is 112 cm³/mol. The number of methoxy groups -OCH3 is 2. The van der Waals surface area contributed by atoms with Gasteiger partial charge in [-0.3, -0.25) is 4.90 Å². The van der Waals surface area contributed by atoms with E-state index in [9.17, 15) is 9.59 Å². The first kappa shape index (κ1) is 20.3. The van der Waals surface area contributed by atoms with Crippen LogP contribution in [0.2, 0.25) is 0 Å². The van der Waals surface area contributed by atoms with E-state index >= 15 is 0 Å². The summed E-state index contributed by atoms with van der Waals surface area (Å²) in [4.78, 5) is 27.6. The highest BCUT2D eigenvalue weighted by Crippen LogP contribution is 2.27. The number of carbonyl (C=O) groups is 2. The number of ether oxygens (including phenoxy) is 2. The summed E-state index contributed by atoms with van der Waals surface area (Å²) < 4.78 is 10.6. The topological polar surface area (TPSA) is 83.1 Å². The molecule has 1 fully saturated rings. The maximum atomic E-state index is 12.5. The van der Waals surface area contributed by atoms with Crippen molar-refractivity contribution < 1.29 is 19.1 Å². The quantitative estimate of drug-likeness (QED) is 0.751. The number of nitrogens with one attached hydrogen (secondary N) is 2. The van der Waals surface area contributed by atoms with Crippen molar-refractivity contribution in [3.63, 3.8) is 0 Å². The van der Waals surface area contributed by atoms with Crippen LogP contribution in [0.3, 0.4) is 0 Å². The second-order valence-electron chi connectivity index (χ2n) is 6.72. The van der Waals surface area contributed by atoms with Crippen LogP contribution >= 0.6 is 0 Å². The predicted octanol–water partition coefficient (Wildman–Crippen LogP) is 2.94. The van der Waals surface area contributed by atoms with E-state index < -0.39 is 0 Å². The summed E-state index contributed by atoms with van der Waals surface area (Å²) in [5.74, 6) is 1.34. The number of urea groups is 2. The summed E-state index contributed by atoms with van der Waals surface area (Å²) in [6, 6.07) is 12.7. The Morgan fingerprint density at radius 3 is 2.66 bits per heavy atom. The second-order valence-corrected chi connectivity index (χ2v) is 6.72. The highest BCUT2D eigenvalue weighted by Gasteiger charge is 2.21. The van der Waals surface area contributed by atoms with Crippen molar-refractivity contribution in [2.45, 2.75) is 6.42 Å². The van der Waals surface area contributed by atoms with Gasteiger partial charge in [0.25, 0.3) is 0 Å². The van der Waals surface area contributed by atoms with Crippen LogP contribution < -0.4 is 25.0 Å². The summed E-state index contributed by atoms with van der Waals surface area (Å²) in [5, 5.41) is 5.65. The lowest BCUT2D eigenvalue weighted by Crippen LogP contribution is -2.33. The monoisotopic (exact) mass is 398 g/mol. The SMILES string of the molecule is COc1ccc(CCN(C)C(=O)Nc2cccc(N3CCNC3=O)c2)cc1OC. The average molecular weight is 398 g/mol. The smallest absolute Gasteiger partial charge is 0.321 e. The van der Waals surface area contributed by atoms with Gasteiger partial charge in [0.1, 0.15) is 0 Å². The number of hydrogen-bond acceptors (Lipinski definition) is 4. The van der Waals surface area contributed by atoms with Crippen LogP contribution in [0.25, 0.3) is 0 Å². The Hall–Kier alpha value is -3.42. The Morgan fingerprint density at radius 2 is 1.97 bits per heavy atom. The summed E-state index contributed by atoms with van der Waals surface area (Å²) in [6.07, 6.45) is 0.679. The molecule has 2 N–H and O–H groups in total. The van der Waals surface area contributed by atoms with Gasteiger partial charge >= 0.3 is 12.1 Å². The number of rotatable bonds is 7. The molecule has 1 saturated heterocycles. The Labute approximate surface area is 170 Å². The molecular weight excluding hydrogens is 372 g/mol. The van der Waals surface area contributed by atoms with E-state index in [1.165, 1.54) is 0 Å². The minimum atomic E-state index is -0.214. The summed E-state index contributed by atoms with van der Waals surface area (Å²) in [5.41, 5.74) is 2.44. The minimum absolute atomic E-state index is 0.125. The lowest BCUT2D eigenvalue weighted by molar-refractivity contribution is 0.223. The molecule has 0 radical (unpaired) electrons. The molecule has 0 aromatic heterocycles. The van der Waals surface area contributed by atoms with E-state index in [0.717, 1.165) is 11.3 Å². The normalized spacial score (nSPS) is 13.1. The highest BCUT2D eigenvalue weighted by atomic mass is 16.5. The number of hydrogen-bond donors (Lipinski definition) is 2. The fourth-order valence-corrected chi connectivity index (χ4v) is 3.12. The van der Waals surface area contributed by atoms with Crippen molar-refractivity contribution in [2.75, 3.05) is 51.1 Å². The van der Waals surface area contributed by atoms with Crippen molar-refractivity contribution in [3.8, 4) is 11.5 Å². The largest absolute Gasteiger partial charge is 0.493 e. The Kier molecular flexibility index (Phi) is 6.43. The average Bonchev–Trinajstić information content (AvgIpc) is 3.17. The zero-order chi connectivity index (χ0) is 20.8. The van der Waals surface area contributed by atoms with Gasteiger partial charge in [-0.15, -0.1) is 0 Å². The van der Waals surface area contributed by atoms with E-state index in [4.69, 9.17) is 9.47 Å². The lowest BCUT2D eigenvalue weighted by Gasteiger charge is -2.20. The fourth-order valence-electron chi connectivity index (χ4n) is 3.12. The molecular formula is C21H26N4O4. The van der Waals surface area contributed by atoms with E-state index in [2.05, 4.69) is 10.6 Å². The maximum Gasteiger partial charge on any atom is 0.321 e. The number of likely N-dealkylation sites (N-methyl/N-ethyl adjacent to an activating group) is 1. The highest BCUT2D eigenvalue weighted by molar-refractivity contribution is 5.95. The molecule has 29 heavy (non-hydrogen) atoms. The molecule has 0 spiro atoms. The maximum absolute atomic E-state index is 12.5. The molecule has 8 nitrogen and oxygen atoms in total. The molecule has 0 aliphatic carbocycles. The van der Waals surface area contributed by atoms with Gasteiger partial charge in [0.2, 0.25) is 0 Å². The van der Waals surface area contributed by atoms with Crippen LogP contribution in [0.15, 0.2) is 42.5 Å². The zero-order valence-electron chi connectivity index (χ0n) is 16.9. The standard InChI is InChI=1S/C21H26N4O4/c1-24(11-9-15-7-8-18(28-2)19(13-15)29-3)21(27)23-16-5-4-6-17(14-16)25-12-10-22-20(25)26/h4-8,13-14H,9-12H2,1-3H3,(H,22,26)(H,23,27). The van der Waals surface area contributed by atoms with Gasteiger partial charge in [-0.1, -0.05) is 12.1 Å². The van der Waals surface area contributed by atoms with Crippen molar-refractivity contribution in [1.82, 2.24) is 10.2 Å². The number of amides is 4. The van der Waals surface area contributed by atoms with Gasteiger partial charge in [0.15, 0.2) is 11.5 Å². The lowest BCUT2D eigenvalue weighted by atomic mass is 10.1. The van der Waals surface area contributed by atoms with Crippen LogP contribution in [-0.4, -0.2) is 57.9 Å². The minimum Gasteiger partial charge on any atom is -0.493 e.